The smallest absolute Gasteiger partial charge is 0.243 e. The topological polar surface area (TPSA) is 65.5 Å². The Labute approximate surface area is 184 Å². The summed E-state index contributed by atoms with van der Waals surface area (Å²) in [7, 11) is 1.69. The molecule has 0 fully saturated rings. The number of nitrogens with one attached hydrogen (secondary N) is 3. The largest absolute Gasteiger partial charge is 0.352 e. The zero-order chi connectivity index (χ0) is 18.2. The van der Waals surface area contributed by atoms with Crippen LogP contribution in [0.5, 0.6) is 0 Å². The van der Waals surface area contributed by atoms with Gasteiger partial charge in [-0.2, -0.15) is 0 Å². The van der Waals surface area contributed by atoms with Gasteiger partial charge >= 0.3 is 0 Å². The third-order valence-corrected chi connectivity index (χ3v) is 5.33. The zero-order valence-electron chi connectivity index (χ0n) is 15.1. The summed E-state index contributed by atoms with van der Waals surface area (Å²) in [5.41, 5.74) is 1.82. The van der Waals surface area contributed by atoms with Crippen LogP contribution in [0, 0.1) is 6.92 Å². The van der Waals surface area contributed by atoms with Gasteiger partial charge in [0.25, 0.3) is 0 Å². The van der Waals surface area contributed by atoms with Crippen molar-refractivity contribution in [2.45, 2.75) is 26.8 Å². The molecule has 2 aromatic rings. The Kier molecular flexibility index (Phi) is 10.2. The summed E-state index contributed by atoms with van der Waals surface area (Å²) >= 11 is 5.20. The molecule has 0 radical (unpaired) electrons. The molecule has 0 aliphatic rings. The lowest BCUT2D eigenvalue weighted by atomic mass is 10.2. The van der Waals surface area contributed by atoms with Crippen molar-refractivity contribution >= 4 is 68.8 Å². The van der Waals surface area contributed by atoms with Crippen LogP contribution in [0.3, 0.4) is 0 Å². The molecule has 1 amide bonds. The molecule has 1 heterocycles. The number of hydrogen-bond acceptors (Lipinski definition) is 3. The number of amides is 1. The van der Waals surface area contributed by atoms with E-state index in [-0.39, 0.29) is 36.4 Å². The molecule has 1 aromatic heterocycles. The number of carbonyl (C=O) groups excluding carboxylic acids is 1. The fourth-order valence-corrected chi connectivity index (χ4v) is 3.44. The quantitative estimate of drug-likeness (QED) is 0.285. The Morgan fingerprint density at radius 2 is 1.92 bits per heavy atom. The second-order valence-corrected chi connectivity index (χ2v) is 7.68. The number of thiophene rings is 1. The molecule has 3 N–H and O–H groups in total. The molecule has 26 heavy (non-hydrogen) atoms. The van der Waals surface area contributed by atoms with Gasteiger partial charge in [0.2, 0.25) is 5.91 Å². The average Bonchev–Trinajstić information content (AvgIpc) is 3.06. The van der Waals surface area contributed by atoms with E-state index in [9.17, 15) is 4.79 Å². The van der Waals surface area contributed by atoms with Crippen molar-refractivity contribution in [3.8, 4) is 0 Å². The van der Waals surface area contributed by atoms with Crippen molar-refractivity contribution < 1.29 is 4.79 Å². The number of guanidine groups is 1. The number of aryl methyl sites for hydroxylation is 2. The number of carbonyl (C=O) groups is 1. The first-order valence-electron chi connectivity index (χ1n) is 8.10. The van der Waals surface area contributed by atoms with Crippen LogP contribution >= 0.6 is 51.2 Å². The zero-order valence-corrected chi connectivity index (χ0v) is 19.8. The molecule has 142 valence electrons. The van der Waals surface area contributed by atoms with Gasteiger partial charge in [-0.1, -0.05) is 28.9 Å². The van der Waals surface area contributed by atoms with E-state index in [0.29, 0.717) is 12.5 Å². The predicted molar refractivity (Wildman–Crippen MR) is 125 cm³/mol. The van der Waals surface area contributed by atoms with Crippen LogP contribution in [-0.2, 0) is 17.8 Å². The molecule has 5 nitrogen and oxygen atoms in total. The highest BCUT2D eigenvalue weighted by Crippen LogP contribution is 2.20. The molecule has 0 aliphatic heterocycles. The Balaban J connectivity index is 0.00000338. The van der Waals surface area contributed by atoms with Gasteiger partial charge < -0.3 is 16.0 Å². The summed E-state index contributed by atoms with van der Waals surface area (Å²) in [5, 5.41) is 9.16. The van der Waals surface area contributed by atoms with E-state index in [1.54, 1.807) is 18.4 Å². The Bertz CT molecular complexity index is 763. The number of halogens is 2. The maximum Gasteiger partial charge on any atom is 0.243 e. The first kappa shape index (κ1) is 22.9. The van der Waals surface area contributed by atoms with Crippen molar-refractivity contribution in [2.24, 2.45) is 4.99 Å². The molecule has 0 saturated carbocycles. The summed E-state index contributed by atoms with van der Waals surface area (Å²) in [4.78, 5) is 18.9. The van der Waals surface area contributed by atoms with Crippen molar-refractivity contribution in [1.82, 2.24) is 10.6 Å². The third kappa shape index (κ3) is 7.24. The van der Waals surface area contributed by atoms with Crippen molar-refractivity contribution in [3.63, 3.8) is 0 Å². The van der Waals surface area contributed by atoms with Crippen LogP contribution in [0.15, 0.2) is 39.8 Å². The van der Waals surface area contributed by atoms with Crippen LogP contribution in [0.25, 0.3) is 0 Å². The van der Waals surface area contributed by atoms with Gasteiger partial charge in [-0.25, -0.2) is 0 Å². The van der Waals surface area contributed by atoms with E-state index in [0.717, 1.165) is 22.1 Å². The molecule has 0 atom stereocenters. The lowest BCUT2D eigenvalue weighted by Crippen LogP contribution is -2.41. The van der Waals surface area contributed by atoms with E-state index >= 15 is 0 Å². The van der Waals surface area contributed by atoms with E-state index in [2.05, 4.69) is 55.9 Å². The highest BCUT2D eigenvalue weighted by atomic mass is 127. The van der Waals surface area contributed by atoms with Crippen LogP contribution in [0.2, 0.25) is 0 Å². The van der Waals surface area contributed by atoms with Gasteiger partial charge in [0, 0.05) is 27.0 Å². The SMILES string of the molecule is CCc1ccc(CNC(=NC)NCC(=O)Nc2cc(Br)ccc2C)s1.I. The number of benzene rings is 1. The summed E-state index contributed by atoms with van der Waals surface area (Å²) < 4.78 is 0.932. The monoisotopic (exact) mass is 550 g/mol. The summed E-state index contributed by atoms with van der Waals surface area (Å²) in [5.74, 6) is 0.487. The average molecular weight is 551 g/mol. The van der Waals surface area contributed by atoms with Crippen molar-refractivity contribution in [1.29, 1.82) is 0 Å². The standard InChI is InChI=1S/C18H23BrN4OS.HI/c1-4-14-7-8-15(25-14)10-21-18(20-3)22-11-17(24)23-16-9-13(19)6-5-12(16)2;/h5-9H,4,10-11H2,1-3H3,(H,23,24)(H2,20,21,22);1H. The predicted octanol–water partition coefficient (Wildman–Crippen LogP) is 4.30. The van der Waals surface area contributed by atoms with Gasteiger partial charge in [0.15, 0.2) is 5.96 Å². The van der Waals surface area contributed by atoms with Gasteiger partial charge in [-0.15, -0.1) is 35.3 Å². The number of nitrogens with zero attached hydrogens (tertiary/aromatic N) is 1. The van der Waals surface area contributed by atoms with Gasteiger partial charge in [-0.3, -0.25) is 9.79 Å². The summed E-state index contributed by atoms with van der Waals surface area (Å²) in [6, 6.07) is 10.1. The maximum absolute atomic E-state index is 12.1. The molecule has 0 spiro atoms. The Hall–Kier alpha value is -1.13. The molecule has 2 rings (SSSR count). The number of rotatable bonds is 6. The first-order chi connectivity index (χ1) is 12.0. The minimum Gasteiger partial charge on any atom is -0.352 e. The van der Waals surface area contributed by atoms with E-state index < -0.39 is 0 Å². The molecule has 0 bridgehead atoms. The molecular weight excluding hydrogens is 527 g/mol. The normalized spacial score (nSPS) is 10.8. The highest BCUT2D eigenvalue weighted by Gasteiger charge is 2.07. The molecular formula is C18H24BrIN4OS. The molecule has 0 saturated heterocycles. The number of aliphatic imine (C=N–C) groups is 1. The molecule has 0 aliphatic carbocycles. The van der Waals surface area contributed by atoms with Crippen molar-refractivity contribution in [2.75, 3.05) is 18.9 Å². The Morgan fingerprint density at radius 1 is 1.19 bits per heavy atom. The number of hydrogen-bond donors (Lipinski definition) is 3. The fourth-order valence-electron chi connectivity index (χ4n) is 2.19. The van der Waals surface area contributed by atoms with Crippen LogP contribution in [-0.4, -0.2) is 25.5 Å². The van der Waals surface area contributed by atoms with E-state index in [1.165, 1.54) is 9.75 Å². The highest BCUT2D eigenvalue weighted by molar-refractivity contribution is 14.0. The van der Waals surface area contributed by atoms with Crippen LogP contribution in [0.1, 0.15) is 22.2 Å². The summed E-state index contributed by atoms with van der Waals surface area (Å²) in [6.45, 7) is 4.95. The van der Waals surface area contributed by atoms with Gasteiger partial charge in [0.05, 0.1) is 13.1 Å². The minimum atomic E-state index is -0.117. The molecule has 1 aromatic carbocycles. The van der Waals surface area contributed by atoms with Crippen LogP contribution in [0.4, 0.5) is 5.69 Å². The van der Waals surface area contributed by atoms with Gasteiger partial charge in [-0.05, 0) is 43.2 Å². The second-order valence-electron chi connectivity index (χ2n) is 5.51. The maximum atomic E-state index is 12.1. The lowest BCUT2D eigenvalue weighted by Gasteiger charge is -2.12. The first-order valence-corrected chi connectivity index (χ1v) is 9.71. The van der Waals surface area contributed by atoms with E-state index in [4.69, 9.17) is 0 Å². The summed E-state index contributed by atoms with van der Waals surface area (Å²) in [6.07, 6.45) is 1.05. The molecule has 8 heteroatoms. The van der Waals surface area contributed by atoms with Crippen molar-refractivity contribution in [3.05, 3.63) is 50.1 Å². The second kappa shape index (κ2) is 11.6. The number of anilines is 1. The fraction of sp³-hybridized carbons (Fsp3) is 0.333. The van der Waals surface area contributed by atoms with Gasteiger partial charge in [0.1, 0.15) is 0 Å². The van der Waals surface area contributed by atoms with E-state index in [1.807, 2.05) is 25.1 Å². The Morgan fingerprint density at radius 3 is 2.58 bits per heavy atom. The third-order valence-electron chi connectivity index (χ3n) is 3.61. The lowest BCUT2D eigenvalue weighted by molar-refractivity contribution is -0.115. The van der Waals surface area contributed by atoms with Crippen LogP contribution < -0.4 is 16.0 Å². The minimum absolute atomic E-state index is 0. The molecule has 0 unspecified atom stereocenters.